The number of likely N-dealkylation sites (tertiary alicyclic amines) is 1. The molecule has 112 valence electrons. The first-order chi connectivity index (χ1) is 8.69. The molecule has 2 unspecified atom stereocenters. The second-order valence-corrected chi connectivity index (χ2v) is 7.20. The van der Waals surface area contributed by atoms with E-state index in [4.69, 9.17) is 5.73 Å². The number of rotatable bonds is 6. The zero-order valence-corrected chi connectivity index (χ0v) is 13.3. The smallest absolute Gasteiger partial charge is 0.237 e. The van der Waals surface area contributed by atoms with Crippen LogP contribution in [0.1, 0.15) is 47.0 Å². The van der Waals surface area contributed by atoms with Gasteiger partial charge in [-0.05, 0) is 57.7 Å². The Balaban J connectivity index is 2.34. The Morgan fingerprint density at radius 3 is 2.42 bits per heavy atom. The van der Waals surface area contributed by atoms with Gasteiger partial charge in [0.15, 0.2) is 0 Å². The van der Waals surface area contributed by atoms with Crippen LogP contribution < -0.4 is 11.1 Å². The van der Waals surface area contributed by atoms with E-state index in [2.05, 4.69) is 31.0 Å². The second-order valence-electron chi connectivity index (χ2n) is 7.20. The standard InChI is InChI=1S/C15H31N3O/c1-14(2,3)12-7-10-18(11-12)9-6-8-15(4,17-5)13(16)19/h12,17H,6-11H2,1-5H3,(H2,16,19). The van der Waals surface area contributed by atoms with Crippen molar-refractivity contribution in [2.24, 2.45) is 17.1 Å². The van der Waals surface area contributed by atoms with E-state index in [9.17, 15) is 4.79 Å². The Bertz CT molecular complexity index is 311. The molecule has 1 aliphatic heterocycles. The van der Waals surface area contributed by atoms with Gasteiger partial charge in [-0.3, -0.25) is 4.79 Å². The number of hydrogen-bond acceptors (Lipinski definition) is 3. The number of likely N-dealkylation sites (N-methyl/N-ethyl adjacent to an activating group) is 1. The predicted octanol–water partition coefficient (Wildman–Crippen LogP) is 1.60. The van der Waals surface area contributed by atoms with Gasteiger partial charge in [-0.15, -0.1) is 0 Å². The number of hydrogen-bond donors (Lipinski definition) is 2. The lowest BCUT2D eigenvalue weighted by Crippen LogP contribution is -2.51. The molecule has 1 rings (SSSR count). The summed E-state index contributed by atoms with van der Waals surface area (Å²) in [6.07, 6.45) is 3.11. The van der Waals surface area contributed by atoms with Gasteiger partial charge in [0.05, 0.1) is 5.54 Å². The monoisotopic (exact) mass is 269 g/mol. The predicted molar refractivity (Wildman–Crippen MR) is 79.9 cm³/mol. The molecule has 0 aromatic carbocycles. The van der Waals surface area contributed by atoms with E-state index in [-0.39, 0.29) is 5.91 Å². The van der Waals surface area contributed by atoms with Crippen LogP contribution in [0.5, 0.6) is 0 Å². The van der Waals surface area contributed by atoms with Gasteiger partial charge in [0.2, 0.25) is 5.91 Å². The first-order valence-electron chi connectivity index (χ1n) is 7.40. The molecule has 4 heteroatoms. The van der Waals surface area contributed by atoms with Crippen molar-refractivity contribution in [3.05, 3.63) is 0 Å². The summed E-state index contributed by atoms with van der Waals surface area (Å²) in [5.41, 5.74) is 5.28. The highest BCUT2D eigenvalue weighted by Gasteiger charge is 2.32. The normalized spacial score (nSPS) is 24.4. The minimum atomic E-state index is -0.566. The van der Waals surface area contributed by atoms with Crippen LogP contribution in [0.25, 0.3) is 0 Å². The van der Waals surface area contributed by atoms with Gasteiger partial charge in [-0.1, -0.05) is 20.8 Å². The van der Waals surface area contributed by atoms with Gasteiger partial charge in [-0.2, -0.15) is 0 Å². The average Bonchev–Trinajstić information content (AvgIpc) is 2.77. The van der Waals surface area contributed by atoms with E-state index in [1.54, 1.807) is 7.05 Å². The Morgan fingerprint density at radius 2 is 2.00 bits per heavy atom. The molecule has 1 saturated heterocycles. The van der Waals surface area contributed by atoms with Crippen molar-refractivity contribution < 1.29 is 4.79 Å². The highest BCUT2D eigenvalue weighted by Crippen LogP contribution is 2.33. The third-order valence-electron chi connectivity index (χ3n) is 4.74. The van der Waals surface area contributed by atoms with Gasteiger partial charge < -0.3 is 16.0 Å². The third kappa shape index (κ3) is 4.46. The lowest BCUT2D eigenvalue weighted by molar-refractivity contribution is -0.123. The molecule has 2 atom stereocenters. The molecule has 3 N–H and O–H groups in total. The number of nitrogens with zero attached hydrogens (tertiary/aromatic N) is 1. The van der Waals surface area contributed by atoms with Crippen LogP contribution in [-0.4, -0.2) is 43.0 Å². The maximum Gasteiger partial charge on any atom is 0.237 e. The fourth-order valence-electron chi connectivity index (χ4n) is 2.77. The average molecular weight is 269 g/mol. The maximum absolute atomic E-state index is 11.4. The highest BCUT2D eigenvalue weighted by atomic mass is 16.1. The van der Waals surface area contributed by atoms with Crippen LogP contribution in [0.15, 0.2) is 0 Å². The zero-order valence-electron chi connectivity index (χ0n) is 13.3. The SMILES string of the molecule is CNC(C)(CCCN1CCC(C(C)(C)C)C1)C(N)=O. The molecule has 0 aliphatic carbocycles. The molecule has 0 radical (unpaired) electrons. The molecule has 19 heavy (non-hydrogen) atoms. The van der Waals surface area contributed by atoms with Crippen molar-refractivity contribution in [2.45, 2.75) is 52.5 Å². The summed E-state index contributed by atoms with van der Waals surface area (Å²) in [5.74, 6) is 0.531. The number of carbonyl (C=O) groups is 1. The summed E-state index contributed by atoms with van der Waals surface area (Å²) in [5, 5.41) is 3.04. The minimum Gasteiger partial charge on any atom is -0.368 e. The lowest BCUT2D eigenvalue weighted by atomic mass is 9.80. The summed E-state index contributed by atoms with van der Waals surface area (Å²) in [6.45, 7) is 12.3. The highest BCUT2D eigenvalue weighted by molar-refractivity contribution is 5.84. The number of nitrogens with two attached hydrogens (primary N) is 1. The van der Waals surface area contributed by atoms with Crippen LogP contribution >= 0.6 is 0 Å². The van der Waals surface area contributed by atoms with Gasteiger partial charge in [0.25, 0.3) is 0 Å². The summed E-state index contributed by atoms with van der Waals surface area (Å²) in [4.78, 5) is 13.9. The van der Waals surface area contributed by atoms with Gasteiger partial charge in [0.1, 0.15) is 0 Å². The van der Waals surface area contributed by atoms with Crippen molar-refractivity contribution in [3.8, 4) is 0 Å². The van der Waals surface area contributed by atoms with Crippen molar-refractivity contribution in [2.75, 3.05) is 26.7 Å². The Kier molecular flexibility index (Phi) is 5.39. The molecule has 4 nitrogen and oxygen atoms in total. The van der Waals surface area contributed by atoms with Crippen LogP contribution in [0, 0.1) is 11.3 Å². The third-order valence-corrected chi connectivity index (χ3v) is 4.74. The molecule has 1 amide bonds. The molecule has 1 fully saturated rings. The summed E-state index contributed by atoms with van der Waals surface area (Å²) in [6, 6.07) is 0. The Labute approximate surface area is 118 Å². The maximum atomic E-state index is 11.4. The van der Waals surface area contributed by atoms with E-state index in [1.807, 2.05) is 6.92 Å². The zero-order chi connectivity index (χ0) is 14.7. The molecule has 1 aliphatic rings. The first-order valence-corrected chi connectivity index (χ1v) is 7.40. The van der Waals surface area contributed by atoms with Crippen LogP contribution in [-0.2, 0) is 4.79 Å². The topological polar surface area (TPSA) is 58.4 Å². The molecular weight excluding hydrogens is 238 g/mol. The molecule has 1 heterocycles. The van der Waals surface area contributed by atoms with E-state index in [1.165, 1.54) is 19.5 Å². The molecule has 0 spiro atoms. The number of primary amides is 1. The van der Waals surface area contributed by atoms with Crippen molar-refractivity contribution in [1.29, 1.82) is 0 Å². The lowest BCUT2D eigenvalue weighted by Gasteiger charge is -2.28. The molecule has 0 bridgehead atoms. The van der Waals surface area contributed by atoms with Gasteiger partial charge >= 0.3 is 0 Å². The van der Waals surface area contributed by atoms with E-state index >= 15 is 0 Å². The van der Waals surface area contributed by atoms with Crippen LogP contribution in [0.2, 0.25) is 0 Å². The molecular formula is C15H31N3O. The Hall–Kier alpha value is -0.610. The Morgan fingerprint density at radius 1 is 1.37 bits per heavy atom. The van der Waals surface area contributed by atoms with Crippen LogP contribution in [0.4, 0.5) is 0 Å². The molecule has 0 saturated carbocycles. The number of nitrogens with one attached hydrogen (secondary N) is 1. The van der Waals surface area contributed by atoms with Crippen molar-refractivity contribution in [1.82, 2.24) is 10.2 Å². The number of amides is 1. The summed E-state index contributed by atoms with van der Waals surface area (Å²) in [7, 11) is 1.80. The van der Waals surface area contributed by atoms with E-state index in [0.717, 1.165) is 25.3 Å². The second kappa shape index (κ2) is 6.23. The summed E-state index contributed by atoms with van der Waals surface area (Å²) >= 11 is 0. The fourth-order valence-corrected chi connectivity index (χ4v) is 2.77. The molecule has 0 aromatic rings. The number of carbonyl (C=O) groups excluding carboxylic acids is 1. The minimum absolute atomic E-state index is 0.260. The van der Waals surface area contributed by atoms with E-state index < -0.39 is 5.54 Å². The molecule has 0 aromatic heterocycles. The van der Waals surface area contributed by atoms with Crippen LogP contribution in [0.3, 0.4) is 0 Å². The van der Waals surface area contributed by atoms with Crippen molar-refractivity contribution in [3.63, 3.8) is 0 Å². The van der Waals surface area contributed by atoms with Crippen molar-refractivity contribution >= 4 is 5.91 Å². The first kappa shape index (κ1) is 16.4. The summed E-state index contributed by atoms with van der Waals surface area (Å²) < 4.78 is 0. The largest absolute Gasteiger partial charge is 0.368 e. The van der Waals surface area contributed by atoms with Gasteiger partial charge in [-0.25, -0.2) is 0 Å². The van der Waals surface area contributed by atoms with Gasteiger partial charge in [0, 0.05) is 6.54 Å². The quantitative estimate of drug-likeness (QED) is 0.770. The van der Waals surface area contributed by atoms with E-state index in [0.29, 0.717) is 5.41 Å². The fraction of sp³-hybridized carbons (Fsp3) is 0.933.